The number of allylic oxidation sites excluding steroid dienone is 2. The summed E-state index contributed by atoms with van der Waals surface area (Å²) in [7, 11) is 0. The summed E-state index contributed by atoms with van der Waals surface area (Å²) >= 11 is 5.54. The second-order valence-electron chi connectivity index (χ2n) is 3.97. The Hall–Kier alpha value is -1.54. The van der Waals surface area contributed by atoms with Gasteiger partial charge in [0.25, 0.3) is 0 Å². The van der Waals surface area contributed by atoms with Crippen molar-refractivity contribution in [1.29, 1.82) is 5.26 Å². The van der Waals surface area contributed by atoms with Crippen molar-refractivity contribution in [2.75, 3.05) is 5.88 Å². The fourth-order valence-electron chi connectivity index (χ4n) is 1.98. The number of hydrogen-bond donors (Lipinski definition) is 1. The van der Waals surface area contributed by atoms with Gasteiger partial charge in [0.15, 0.2) is 5.82 Å². The number of nitriles is 1. The van der Waals surface area contributed by atoms with Crippen molar-refractivity contribution in [1.82, 2.24) is 14.8 Å². The number of rotatable bonds is 2. The molecular weight excluding hydrogens is 240 g/mol. The Labute approximate surface area is 104 Å². The van der Waals surface area contributed by atoms with Gasteiger partial charge in [-0.2, -0.15) is 5.26 Å². The molecule has 0 amide bonds. The highest BCUT2D eigenvalue weighted by molar-refractivity contribution is 6.19. The minimum absolute atomic E-state index is 0.0922. The van der Waals surface area contributed by atoms with E-state index in [-0.39, 0.29) is 17.2 Å². The normalized spacial score (nSPS) is 16.7. The number of halogens is 1. The first kappa shape index (κ1) is 11.9. The van der Waals surface area contributed by atoms with Crippen LogP contribution in [-0.4, -0.2) is 25.8 Å². The van der Waals surface area contributed by atoms with Crippen LogP contribution in [0.5, 0.6) is 0 Å². The second kappa shape index (κ2) is 5.19. The van der Waals surface area contributed by atoms with Crippen LogP contribution >= 0.6 is 11.6 Å². The number of aliphatic hydroxyl groups is 1. The summed E-state index contributed by atoms with van der Waals surface area (Å²) in [6.07, 6.45) is 4.15. The van der Waals surface area contributed by atoms with Gasteiger partial charge in [-0.3, -0.25) is 0 Å². The van der Waals surface area contributed by atoms with E-state index in [2.05, 4.69) is 10.2 Å². The van der Waals surface area contributed by atoms with Crippen molar-refractivity contribution in [3.8, 4) is 6.07 Å². The lowest BCUT2D eigenvalue weighted by Gasteiger charge is -2.06. The molecule has 17 heavy (non-hydrogen) atoms. The molecule has 90 valence electrons. The van der Waals surface area contributed by atoms with Gasteiger partial charge in [-0.05, 0) is 12.8 Å². The first-order valence-corrected chi connectivity index (χ1v) is 6.12. The van der Waals surface area contributed by atoms with Crippen LogP contribution in [0.4, 0.5) is 0 Å². The van der Waals surface area contributed by atoms with Gasteiger partial charge >= 0.3 is 0 Å². The van der Waals surface area contributed by atoms with E-state index in [1.165, 1.54) is 0 Å². The summed E-state index contributed by atoms with van der Waals surface area (Å²) in [4.78, 5) is 0. The minimum atomic E-state index is -0.145. The number of aryl methyl sites for hydroxylation is 1. The summed E-state index contributed by atoms with van der Waals surface area (Å²) in [6.45, 7) is 0.790. The van der Waals surface area contributed by atoms with Gasteiger partial charge in [-0.1, -0.05) is 6.42 Å². The highest BCUT2D eigenvalue weighted by Crippen LogP contribution is 2.21. The molecule has 1 aliphatic rings. The molecule has 0 saturated heterocycles. The van der Waals surface area contributed by atoms with Gasteiger partial charge in [0, 0.05) is 13.0 Å². The Morgan fingerprint density at radius 3 is 2.94 bits per heavy atom. The van der Waals surface area contributed by atoms with Crippen molar-refractivity contribution in [2.24, 2.45) is 0 Å². The van der Waals surface area contributed by atoms with Gasteiger partial charge < -0.3 is 9.67 Å². The quantitative estimate of drug-likeness (QED) is 0.497. The van der Waals surface area contributed by atoms with E-state index in [0.29, 0.717) is 5.82 Å². The van der Waals surface area contributed by atoms with E-state index in [0.717, 1.165) is 38.1 Å². The Kier molecular flexibility index (Phi) is 3.64. The molecule has 0 bridgehead atoms. The van der Waals surface area contributed by atoms with Crippen molar-refractivity contribution in [2.45, 2.75) is 32.2 Å². The van der Waals surface area contributed by atoms with E-state index >= 15 is 0 Å². The lowest BCUT2D eigenvalue weighted by atomic mass is 10.2. The summed E-state index contributed by atoms with van der Waals surface area (Å²) in [5, 5.41) is 26.7. The monoisotopic (exact) mass is 252 g/mol. The predicted octanol–water partition coefficient (Wildman–Crippen LogP) is 2.04. The molecule has 0 saturated carbocycles. The Balaban J connectivity index is 2.47. The molecular formula is C11H13ClN4O. The Bertz CT molecular complexity index is 486. The Morgan fingerprint density at radius 2 is 2.24 bits per heavy atom. The molecule has 6 heteroatoms. The van der Waals surface area contributed by atoms with Crippen LogP contribution in [0.2, 0.25) is 0 Å². The van der Waals surface area contributed by atoms with Crippen LogP contribution in [0.15, 0.2) is 5.76 Å². The molecule has 0 unspecified atom stereocenters. The molecule has 0 aromatic carbocycles. The molecule has 1 N–H and O–H groups in total. The average Bonchev–Trinajstić information content (AvgIpc) is 2.60. The highest BCUT2D eigenvalue weighted by Gasteiger charge is 2.19. The third-order valence-electron chi connectivity index (χ3n) is 2.86. The number of nitrogens with zero attached hydrogens (tertiary/aromatic N) is 4. The van der Waals surface area contributed by atoms with Crippen LogP contribution in [-0.2, 0) is 13.0 Å². The Morgan fingerprint density at radius 1 is 1.41 bits per heavy atom. The minimum Gasteiger partial charge on any atom is -0.510 e. The third-order valence-corrected chi connectivity index (χ3v) is 3.11. The first-order chi connectivity index (χ1) is 8.27. The third kappa shape index (κ3) is 2.27. The zero-order chi connectivity index (χ0) is 12.3. The van der Waals surface area contributed by atoms with Crippen LogP contribution < -0.4 is 0 Å². The topological polar surface area (TPSA) is 74.7 Å². The largest absolute Gasteiger partial charge is 0.510 e. The number of aliphatic hydroxyl groups excluding tert-OH is 1. The molecule has 2 rings (SSSR count). The standard InChI is InChI=1S/C11H13ClN4O/c12-6-9(17)8(7-13)11-15-14-10-4-2-1-3-5-16(10)11/h17H,1-6H2/b9-8-. The van der Waals surface area contributed by atoms with Gasteiger partial charge in [-0.25, -0.2) is 0 Å². The highest BCUT2D eigenvalue weighted by atomic mass is 35.5. The maximum Gasteiger partial charge on any atom is 0.178 e. The van der Waals surface area contributed by atoms with E-state index in [9.17, 15) is 5.11 Å². The maximum absolute atomic E-state index is 9.61. The maximum atomic E-state index is 9.61. The van der Waals surface area contributed by atoms with Crippen LogP contribution in [0.25, 0.3) is 5.57 Å². The predicted molar refractivity (Wildman–Crippen MR) is 63.5 cm³/mol. The van der Waals surface area contributed by atoms with Gasteiger partial charge in [0.2, 0.25) is 0 Å². The zero-order valence-electron chi connectivity index (χ0n) is 9.36. The molecule has 1 aliphatic heterocycles. The number of fused-ring (bicyclic) bond motifs is 1. The van der Waals surface area contributed by atoms with Crippen molar-refractivity contribution < 1.29 is 5.11 Å². The van der Waals surface area contributed by atoms with Gasteiger partial charge in [0.1, 0.15) is 23.2 Å². The molecule has 0 radical (unpaired) electrons. The van der Waals surface area contributed by atoms with Crippen molar-refractivity contribution >= 4 is 17.2 Å². The fourth-order valence-corrected chi connectivity index (χ4v) is 2.11. The molecule has 1 aromatic heterocycles. The first-order valence-electron chi connectivity index (χ1n) is 5.58. The molecule has 0 fully saturated rings. The molecule has 0 atom stereocenters. The average molecular weight is 253 g/mol. The van der Waals surface area contributed by atoms with Crippen molar-refractivity contribution in [3.63, 3.8) is 0 Å². The van der Waals surface area contributed by atoms with Gasteiger partial charge in [0.05, 0.1) is 5.88 Å². The fraction of sp³-hybridized carbons (Fsp3) is 0.545. The van der Waals surface area contributed by atoms with Gasteiger partial charge in [-0.15, -0.1) is 21.8 Å². The molecule has 1 aromatic rings. The molecule has 2 heterocycles. The van der Waals surface area contributed by atoms with Crippen LogP contribution in [0.3, 0.4) is 0 Å². The number of aromatic nitrogens is 3. The van der Waals surface area contributed by atoms with Crippen molar-refractivity contribution in [3.05, 3.63) is 17.4 Å². The zero-order valence-corrected chi connectivity index (χ0v) is 10.1. The second-order valence-corrected chi connectivity index (χ2v) is 4.24. The summed E-state index contributed by atoms with van der Waals surface area (Å²) in [5.74, 6) is 1.08. The molecule has 0 spiro atoms. The number of hydrogen-bond acceptors (Lipinski definition) is 4. The lowest BCUT2D eigenvalue weighted by molar-refractivity contribution is 0.419. The number of alkyl halides is 1. The van der Waals surface area contributed by atoms with Crippen LogP contribution in [0.1, 0.15) is 30.9 Å². The molecule has 5 nitrogen and oxygen atoms in total. The van der Waals surface area contributed by atoms with E-state index in [1.54, 1.807) is 0 Å². The summed E-state index contributed by atoms with van der Waals surface area (Å²) in [5.41, 5.74) is 0.126. The van der Waals surface area contributed by atoms with E-state index in [1.807, 2.05) is 10.6 Å². The SMILES string of the molecule is N#C/C(=C(/O)CCl)c1nnc2n1CCCCC2. The lowest BCUT2D eigenvalue weighted by Crippen LogP contribution is -2.06. The smallest absolute Gasteiger partial charge is 0.178 e. The van der Waals surface area contributed by atoms with Crippen LogP contribution in [0, 0.1) is 11.3 Å². The summed E-state index contributed by atoms with van der Waals surface area (Å²) < 4.78 is 1.91. The van der Waals surface area contributed by atoms with E-state index in [4.69, 9.17) is 16.9 Å². The summed E-state index contributed by atoms with van der Waals surface area (Å²) in [6, 6.07) is 1.95. The van der Waals surface area contributed by atoms with E-state index < -0.39 is 0 Å². The molecule has 0 aliphatic carbocycles.